The average Bonchev–Trinajstić information content (AvgIpc) is 3.54. The molecule has 0 bridgehead atoms. The lowest BCUT2D eigenvalue weighted by molar-refractivity contribution is -0.0814. The topological polar surface area (TPSA) is 107 Å². The number of rotatable bonds is 8. The zero-order valence-electron chi connectivity index (χ0n) is 18.9. The Kier molecular flexibility index (Phi) is 6.64. The van der Waals surface area contributed by atoms with E-state index < -0.39 is 5.91 Å². The first kappa shape index (κ1) is 23.6. The first-order valence-electron chi connectivity index (χ1n) is 11.2. The molecule has 0 radical (unpaired) electrons. The van der Waals surface area contributed by atoms with Gasteiger partial charge >= 0.3 is 0 Å². The van der Waals surface area contributed by atoms with Gasteiger partial charge in [0.25, 0.3) is 11.8 Å². The van der Waals surface area contributed by atoms with Gasteiger partial charge in [-0.1, -0.05) is 23.2 Å². The molecule has 1 aliphatic heterocycles. The van der Waals surface area contributed by atoms with E-state index in [1.807, 2.05) is 0 Å². The van der Waals surface area contributed by atoms with Gasteiger partial charge in [-0.15, -0.1) is 5.10 Å². The molecule has 2 aliphatic rings. The predicted molar refractivity (Wildman–Crippen MR) is 131 cm³/mol. The maximum absolute atomic E-state index is 13.5. The van der Waals surface area contributed by atoms with Gasteiger partial charge in [-0.05, 0) is 55.5 Å². The van der Waals surface area contributed by atoms with Crippen molar-refractivity contribution in [2.45, 2.75) is 25.9 Å². The monoisotopic (exact) mass is 515 g/mol. The van der Waals surface area contributed by atoms with Gasteiger partial charge in [0.1, 0.15) is 11.8 Å². The van der Waals surface area contributed by atoms with Crippen LogP contribution in [0.15, 0.2) is 36.5 Å². The Morgan fingerprint density at radius 3 is 2.69 bits per heavy atom. The lowest BCUT2D eigenvalue weighted by Gasteiger charge is -2.25. The van der Waals surface area contributed by atoms with E-state index in [0.29, 0.717) is 47.0 Å². The highest BCUT2D eigenvalue weighted by Crippen LogP contribution is 2.30. The predicted octanol–water partition coefficient (Wildman–Crippen LogP) is 4.05. The average molecular weight is 516 g/mol. The fraction of sp³-hybridized carbons (Fsp3) is 0.333. The highest BCUT2D eigenvalue weighted by Gasteiger charge is 2.27. The van der Waals surface area contributed by atoms with Gasteiger partial charge in [-0.25, -0.2) is 9.67 Å². The minimum atomic E-state index is -0.513. The van der Waals surface area contributed by atoms with E-state index in [1.54, 1.807) is 37.4 Å². The summed E-state index contributed by atoms with van der Waals surface area (Å²) in [6.45, 7) is 3.26. The first-order valence-corrected chi connectivity index (χ1v) is 12.0. The van der Waals surface area contributed by atoms with Crippen molar-refractivity contribution in [1.82, 2.24) is 20.1 Å². The molecular weight excluding hydrogens is 493 g/mol. The maximum atomic E-state index is 13.5. The fourth-order valence-corrected chi connectivity index (χ4v) is 4.12. The number of carbonyl (C=O) groups excluding carboxylic acids is 2. The van der Waals surface area contributed by atoms with Crippen LogP contribution in [-0.2, 0) is 4.74 Å². The van der Waals surface area contributed by atoms with Crippen LogP contribution >= 0.6 is 23.2 Å². The summed E-state index contributed by atoms with van der Waals surface area (Å²) in [5, 5.41) is 10.9. The molecule has 2 aromatic heterocycles. The molecule has 11 heteroatoms. The number of amides is 2. The number of benzene rings is 1. The summed E-state index contributed by atoms with van der Waals surface area (Å²) < 4.78 is 12.3. The largest absolute Gasteiger partial charge is 0.468 e. The lowest BCUT2D eigenvalue weighted by atomic mass is 10.1. The zero-order valence-corrected chi connectivity index (χ0v) is 20.4. The van der Waals surface area contributed by atoms with Crippen LogP contribution in [0.25, 0.3) is 5.82 Å². The molecule has 1 aromatic carbocycles. The Morgan fingerprint density at radius 1 is 1.20 bits per heavy atom. The number of pyridine rings is 1. The zero-order chi connectivity index (χ0) is 24.5. The third-order valence-corrected chi connectivity index (χ3v) is 6.30. The molecule has 5 rings (SSSR count). The molecule has 0 unspecified atom stereocenters. The van der Waals surface area contributed by atoms with Gasteiger partial charge in [-0.2, -0.15) is 0 Å². The van der Waals surface area contributed by atoms with Crippen LogP contribution in [0, 0.1) is 12.8 Å². The Hall–Kier alpha value is -3.14. The SMILES string of the molecule is Cc1cc(Cl)cc(C(=O)NCC2CC2)c1NC(=O)c1cc(OC2COC2)nn1-c1ncccc1Cl. The summed E-state index contributed by atoms with van der Waals surface area (Å²) in [6, 6.07) is 8.08. The van der Waals surface area contributed by atoms with Crippen LogP contribution in [0.5, 0.6) is 5.88 Å². The number of carbonyl (C=O) groups is 2. The minimum Gasteiger partial charge on any atom is -0.468 e. The van der Waals surface area contributed by atoms with Crippen LogP contribution in [0.2, 0.25) is 10.0 Å². The van der Waals surface area contributed by atoms with Crippen LogP contribution < -0.4 is 15.4 Å². The number of nitrogens with zero attached hydrogens (tertiary/aromatic N) is 3. The second kappa shape index (κ2) is 9.85. The molecule has 3 heterocycles. The van der Waals surface area contributed by atoms with Gasteiger partial charge in [-0.3, -0.25) is 9.59 Å². The number of halogens is 2. The van der Waals surface area contributed by atoms with E-state index in [0.717, 1.165) is 12.8 Å². The van der Waals surface area contributed by atoms with Crippen LogP contribution in [0.3, 0.4) is 0 Å². The van der Waals surface area contributed by atoms with Crippen molar-refractivity contribution in [3.63, 3.8) is 0 Å². The highest BCUT2D eigenvalue weighted by atomic mass is 35.5. The lowest BCUT2D eigenvalue weighted by Crippen LogP contribution is -2.38. The van der Waals surface area contributed by atoms with Crippen LogP contribution in [-0.4, -0.2) is 52.4 Å². The highest BCUT2D eigenvalue weighted by molar-refractivity contribution is 6.32. The van der Waals surface area contributed by atoms with Crippen molar-refractivity contribution >= 4 is 40.7 Å². The number of ether oxygens (including phenoxy) is 2. The van der Waals surface area contributed by atoms with Crippen molar-refractivity contribution in [3.8, 4) is 11.7 Å². The molecule has 35 heavy (non-hydrogen) atoms. The van der Waals surface area contributed by atoms with E-state index in [9.17, 15) is 9.59 Å². The summed E-state index contributed by atoms with van der Waals surface area (Å²) in [4.78, 5) is 30.7. The quantitative estimate of drug-likeness (QED) is 0.468. The minimum absolute atomic E-state index is 0.138. The molecule has 0 atom stereocenters. The second-order valence-corrected chi connectivity index (χ2v) is 9.46. The number of hydrogen-bond donors (Lipinski definition) is 2. The summed E-state index contributed by atoms with van der Waals surface area (Å²) in [6.07, 6.45) is 3.62. The third-order valence-electron chi connectivity index (χ3n) is 5.79. The number of aryl methyl sites for hydroxylation is 1. The molecule has 1 aliphatic carbocycles. The van der Waals surface area contributed by atoms with Gasteiger partial charge < -0.3 is 20.1 Å². The molecule has 1 saturated heterocycles. The molecule has 0 spiro atoms. The second-order valence-electron chi connectivity index (χ2n) is 8.62. The first-order chi connectivity index (χ1) is 16.9. The maximum Gasteiger partial charge on any atom is 0.274 e. The molecule has 2 fully saturated rings. The molecule has 9 nitrogen and oxygen atoms in total. The molecular formula is C24H23Cl2N5O4. The summed E-state index contributed by atoms with van der Waals surface area (Å²) in [7, 11) is 0. The van der Waals surface area contributed by atoms with Crippen LogP contribution in [0.1, 0.15) is 39.3 Å². The van der Waals surface area contributed by atoms with E-state index in [1.165, 1.54) is 10.7 Å². The fourth-order valence-electron chi connectivity index (χ4n) is 3.65. The number of nitrogens with one attached hydrogen (secondary N) is 2. The van der Waals surface area contributed by atoms with Crippen molar-refractivity contribution in [2.75, 3.05) is 25.1 Å². The van der Waals surface area contributed by atoms with Crippen molar-refractivity contribution in [1.29, 1.82) is 0 Å². The van der Waals surface area contributed by atoms with Gasteiger partial charge in [0.15, 0.2) is 5.82 Å². The number of aromatic nitrogens is 3. The molecule has 182 valence electrons. The van der Waals surface area contributed by atoms with E-state index in [4.69, 9.17) is 32.7 Å². The van der Waals surface area contributed by atoms with Gasteiger partial charge in [0, 0.05) is 23.8 Å². The molecule has 3 aromatic rings. The molecule has 1 saturated carbocycles. The Labute approximate surface area is 211 Å². The smallest absolute Gasteiger partial charge is 0.274 e. The number of hydrogen-bond acceptors (Lipinski definition) is 6. The normalized spacial score (nSPS) is 15.4. The Bertz CT molecular complexity index is 1290. The van der Waals surface area contributed by atoms with Gasteiger partial charge in [0.05, 0.1) is 29.5 Å². The van der Waals surface area contributed by atoms with Crippen molar-refractivity contribution in [2.24, 2.45) is 5.92 Å². The van der Waals surface area contributed by atoms with E-state index in [-0.39, 0.29) is 35.0 Å². The standard InChI is InChI=1S/C24H23Cl2N5O4/c1-13-7-15(25)8-17(23(32)28-10-14-4-5-14)21(13)29-24(33)19-9-20(35-16-11-34-12-16)30-31(19)22-18(26)3-2-6-27-22/h2-3,6-9,14,16H,4-5,10-12H2,1H3,(H,28,32)(H,29,33). The Morgan fingerprint density at radius 2 is 2.00 bits per heavy atom. The third kappa shape index (κ3) is 5.27. The summed E-state index contributed by atoms with van der Waals surface area (Å²) in [5.74, 6) is 0.206. The van der Waals surface area contributed by atoms with Crippen LogP contribution in [0.4, 0.5) is 5.69 Å². The van der Waals surface area contributed by atoms with Gasteiger partial charge in [0.2, 0.25) is 5.88 Å². The number of anilines is 1. The van der Waals surface area contributed by atoms with Crippen molar-refractivity contribution < 1.29 is 19.1 Å². The van der Waals surface area contributed by atoms with Crippen molar-refractivity contribution in [3.05, 3.63) is 63.4 Å². The Balaban J connectivity index is 1.47. The molecule has 2 amide bonds. The summed E-state index contributed by atoms with van der Waals surface area (Å²) >= 11 is 12.6. The van der Waals surface area contributed by atoms with E-state index in [2.05, 4.69) is 20.7 Å². The summed E-state index contributed by atoms with van der Waals surface area (Å²) in [5.41, 5.74) is 1.43. The van der Waals surface area contributed by atoms with E-state index >= 15 is 0 Å². The molecule has 2 N–H and O–H groups in total.